The summed E-state index contributed by atoms with van der Waals surface area (Å²) in [5.74, 6) is -0.123. The number of nitrogens with one attached hydrogen (secondary N) is 1. The van der Waals surface area contributed by atoms with Crippen LogP contribution < -0.4 is 10.1 Å². The zero-order valence-electron chi connectivity index (χ0n) is 17.8. The van der Waals surface area contributed by atoms with Crippen molar-refractivity contribution in [3.05, 3.63) is 76.1 Å². The molecule has 1 N–H and O–H groups in total. The first kappa shape index (κ1) is 21.0. The van der Waals surface area contributed by atoms with Crippen LogP contribution in [0.25, 0.3) is 22.2 Å². The second kappa shape index (κ2) is 8.46. The number of hydrogen-bond acceptors (Lipinski definition) is 6. The molecule has 4 rings (SSSR count). The fourth-order valence-corrected chi connectivity index (χ4v) is 3.67. The van der Waals surface area contributed by atoms with E-state index in [1.807, 2.05) is 38.1 Å². The second-order valence-corrected chi connectivity index (χ2v) is 7.36. The Kier molecular flexibility index (Phi) is 5.55. The van der Waals surface area contributed by atoms with E-state index in [0.717, 1.165) is 27.8 Å². The standard InChI is InChI=1S/C23H21N5O4/c1-14-5-4-6-16(11-14)18-9-10-24-23-22(18)15(2)26-27(23)13-21(29)25-19-8-7-17(32-3)12-20(19)28(30)31/h4-12H,13H2,1-3H3,(H,25,29). The molecule has 2 aromatic heterocycles. The predicted octanol–water partition coefficient (Wildman–Crippen LogP) is 4.27. The van der Waals surface area contributed by atoms with Crippen LogP contribution in [0.2, 0.25) is 0 Å². The number of carbonyl (C=O) groups excluding carboxylic acids is 1. The first-order valence-electron chi connectivity index (χ1n) is 9.89. The van der Waals surface area contributed by atoms with Gasteiger partial charge in [0.05, 0.1) is 23.8 Å². The SMILES string of the molecule is COc1ccc(NC(=O)Cn2nc(C)c3c(-c4cccc(C)c4)ccnc32)c([N+](=O)[O-])c1. The molecule has 0 fully saturated rings. The molecule has 9 nitrogen and oxygen atoms in total. The Bertz CT molecular complexity index is 1350. The lowest BCUT2D eigenvalue weighted by molar-refractivity contribution is -0.384. The molecular formula is C23H21N5O4. The summed E-state index contributed by atoms with van der Waals surface area (Å²) < 4.78 is 6.54. The molecule has 0 radical (unpaired) electrons. The molecule has 32 heavy (non-hydrogen) atoms. The van der Waals surface area contributed by atoms with Gasteiger partial charge in [0.15, 0.2) is 5.65 Å². The van der Waals surface area contributed by atoms with Crippen LogP contribution in [0.5, 0.6) is 5.75 Å². The third-order valence-electron chi connectivity index (χ3n) is 5.11. The molecule has 1 amide bonds. The average molecular weight is 431 g/mol. The summed E-state index contributed by atoms with van der Waals surface area (Å²) in [6.45, 7) is 3.75. The molecule has 0 atom stereocenters. The zero-order chi connectivity index (χ0) is 22.8. The lowest BCUT2D eigenvalue weighted by Crippen LogP contribution is -2.20. The fourth-order valence-electron chi connectivity index (χ4n) is 3.67. The van der Waals surface area contributed by atoms with Gasteiger partial charge in [0, 0.05) is 11.6 Å². The first-order chi connectivity index (χ1) is 15.4. The molecule has 0 aliphatic heterocycles. The Hall–Kier alpha value is -4.27. The number of hydrogen-bond donors (Lipinski definition) is 1. The molecule has 2 aromatic carbocycles. The molecular weight excluding hydrogens is 410 g/mol. The summed E-state index contributed by atoms with van der Waals surface area (Å²) in [4.78, 5) is 28.0. The van der Waals surface area contributed by atoms with Gasteiger partial charge in [0.25, 0.3) is 5.69 Å². The quantitative estimate of drug-likeness (QED) is 0.360. The minimum atomic E-state index is -0.568. The third kappa shape index (κ3) is 4.00. The van der Waals surface area contributed by atoms with Crippen LogP contribution in [0.3, 0.4) is 0 Å². The van der Waals surface area contributed by atoms with E-state index in [0.29, 0.717) is 11.4 Å². The van der Waals surface area contributed by atoms with Gasteiger partial charge < -0.3 is 10.1 Å². The van der Waals surface area contributed by atoms with Crippen LogP contribution in [-0.4, -0.2) is 32.7 Å². The monoisotopic (exact) mass is 431 g/mol. The summed E-state index contributed by atoms with van der Waals surface area (Å²) in [7, 11) is 1.42. The number of pyridine rings is 1. The van der Waals surface area contributed by atoms with Gasteiger partial charge in [0.2, 0.25) is 5.91 Å². The highest BCUT2D eigenvalue weighted by atomic mass is 16.6. The van der Waals surface area contributed by atoms with E-state index in [9.17, 15) is 14.9 Å². The van der Waals surface area contributed by atoms with Crippen molar-refractivity contribution in [2.24, 2.45) is 0 Å². The molecule has 0 saturated heterocycles. The number of amides is 1. The third-order valence-corrected chi connectivity index (χ3v) is 5.11. The van der Waals surface area contributed by atoms with Crippen molar-refractivity contribution in [1.29, 1.82) is 0 Å². The topological polar surface area (TPSA) is 112 Å². The van der Waals surface area contributed by atoms with Gasteiger partial charge >= 0.3 is 0 Å². The molecule has 0 saturated carbocycles. The van der Waals surface area contributed by atoms with Gasteiger partial charge in [-0.3, -0.25) is 14.9 Å². The minimum Gasteiger partial charge on any atom is -0.496 e. The summed E-state index contributed by atoms with van der Waals surface area (Å²) in [5, 5.41) is 19.3. The van der Waals surface area contributed by atoms with E-state index in [1.165, 1.54) is 23.9 Å². The maximum atomic E-state index is 12.7. The van der Waals surface area contributed by atoms with Gasteiger partial charge in [0.1, 0.15) is 18.0 Å². The fraction of sp³-hybridized carbons (Fsp3) is 0.174. The Balaban J connectivity index is 1.65. The number of fused-ring (bicyclic) bond motifs is 1. The number of benzene rings is 2. The molecule has 4 aromatic rings. The molecule has 0 spiro atoms. The van der Waals surface area contributed by atoms with Crippen LogP contribution in [-0.2, 0) is 11.3 Å². The lowest BCUT2D eigenvalue weighted by atomic mass is 10.0. The Morgan fingerprint density at radius 3 is 2.72 bits per heavy atom. The normalized spacial score (nSPS) is 10.8. The van der Waals surface area contributed by atoms with Crippen LogP contribution in [0, 0.1) is 24.0 Å². The number of rotatable bonds is 6. The molecule has 162 valence electrons. The highest BCUT2D eigenvalue weighted by Crippen LogP contribution is 2.31. The van der Waals surface area contributed by atoms with Crippen LogP contribution in [0.15, 0.2) is 54.7 Å². The molecule has 0 aliphatic rings. The number of nitrogens with zero attached hydrogens (tertiary/aromatic N) is 4. The number of ether oxygens (including phenoxy) is 1. The van der Waals surface area contributed by atoms with Crippen molar-refractivity contribution in [2.75, 3.05) is 12.4 Å². The number of nitro benzene ring substituents is 1. The van der Waals surface area contributed by atoms with E-state index in [1.54, 1.807) is 12.3 Å². The van der Waals surface area contributed by atoms with Crippen molar-refractivity contribution < 1.29 is 14.5 Å². The van der Waals surface area contributed by atoms with E-state index < -0.39 is 10.8 Å². The van der Waals surface area contributed by atoms with Gasteiger partial charge in [-0.05, 0) is 43.2 Å². The number of anilines is 1. The van der Waals surface area contributed by atoms with E-state index in [2.05, 4.69) is 21.5 Å². The van der Waals surface area contributed by atoms with Crippen LogP contribution in [0.4, 0.5) is 11.4 Å². The minimum absolute atomic E-state index is 0.0855. The van der Waals surface area contributed by atoms with Crippen LogP contribution >= 0.6 is 0 Å². The first-order valence-corrected chi connectivity index (χ1v) is 9.89. The van der Waals surface area contributed by atoms with E-state index in [4.69, 9.17) is 4.74 Å². The second-order valence-electron chi connectivity index (χ2n) is 7.36. The molecule has 0 aliphatic carbocycles. The molecule has 2 heterocycles. The highest BCUT2D eigenvalue weighted by Gasteiger charge is 2.20. The number of nitro groups is 1. The number of aromatic nitrogens is 3. The lowest BCUT2D eigenvalue weighted by Gasteiger charge is -2.08. The van der Waals surface area contributed by atoms with Gasteiger partial charge in [-0.1, -0.05) is 29.8 Å². The summed E-state index contributed by atoms with van der Waals surface area (Å²) in [6, 6.07) is 14.3. The average Bonchev–Trinajstić information content (AvgIpc) is 3.09. The number of aryl methyl sites for hydroxylation is 2. The predicted molar refractivity (Wildman–Crippen MR) is 121 cm³/mol. The number of methoxy groups -OCH3 is 1. The van der Waals surface area contributed by atoms with Gasteiger partial charge in [-0.15, -0.1) is 0 Å². The molecule has 0 bridgehead atoms. The maximum Gasteiger partial charge on any atom is 0.296 e. The van der Waals surface area contributed by atoms with Crippen molar-refractivity contribution in [3.8, 4) is 16.9 Å². The largest absolute Gasteiger partial charge is 0.496 e. The highest BCUT2D eigenvalue weighted by molar-refractivity contribution is 5.97. The summed E-state index contributed by atoms with van der Waals surface area (Å²) >= 11 is 0. The molecule has 0 unspecified atom stereocenters. The number of carbonyl (C=O) groups is 1. The maximum absolute atomic E-state index is 12.7. The van der Waals surface area contributed by atoms with Crippen molar-refractivity contribution in [3.63, 3.8) is 0 Å². The van der Waals surface area contributed by atoms with E-state index >= 15 is 0 Å². The van der Waals surface area contributed by atoms with Crippen molar-refractivity contribution in [1.82, 2.24) is 14.8 Å². The smallest absolute Gasteiger partial charge is 0.296 e. The molecule has 9 heteroatoms. The van der Waals surface area contributed by atoms with Crippen molar-refractivity contribution in [2.45, 2.75) is 20.4 Å². The Morgan fingerprint density at radius 2 is 2.00 bits per heavy atom. The Labute approximate surface area is 183 Å². The van der Waals surface area contributed by atoms with Gasteiger partial charge in [-0.25, -0.2) is 9.67 Å². The summed E-state index contributed by atoms with van der Waals surface area (Å²) in [6.07, 6.45) is 1.68. The van der Waals surface area contributed by atoms with Gasteiger partial charge in [-0.2, -0.15) is 5.10 Å². The van der Waals surface area contributed by atoms with Crippen LogP contribution in [0.1, 0.15) is 11.3 Å². The summed E-state index contributed by atoms with van der Waals surface area (Å²) in [5.41, 5.74) is 4.31. The zero-order valence-corrected chi connectivity index (χ0v) is 17.8. The van der Waals surface area contributed by atoms with E-state index in [-0.39, 0.29) is 17.9 Å². The Morgan fingerprint density at radius 1 is 1.19 bits per heavy atom. The van der Waals surface area contributed by atoms with Crippen molar-refractivity contribution >= 4 is 28.3 Å².